The van der Waals surface area contributed by atoms with Crippen molar-refractivity contribution in [2.75, 3.05) is 19.8 Å². The van der Waals surface area contributed by atoms with Crippen molar-refractivity contribution in [3.63, 3.8) is 0 Å². The van der Waals surface area contributed by atoms with Gasteiger partial charge in [0.15, 0.2) is 0 Å². The van der Waals surface area contributed by atoms with Crippen molar-refractivity contribution >= 4 is 0 Å². The zero-order valence-electron chi connectivity index (χ0n) is 12.2. The van der Waals surface area contributed by atoms with Gasteiger partial charge in [0.2, 0.25) is 0 Å². The van der Waals surface area contributed by atoms with Crippen LogP contribution in [0.4, 0.5) is 0 Å². The van der Waals surface area contributed by atoms with Crippen LogP contribution in [0.2, 0.25) is 0 Å². The van der Waals surface area contributed by atoms with E-state index in [-0.39, 0.29) is 5.60 Å². The van der Waals surface area contributed by atoms with Gasteiger partial charge in [-0.25, -0.2) is 0 Å². The lowest BCUT2D eigenvalue weighted by Gasteiger charge is -2.41. The van der Waals surface area contributed by atoms with Crippen LogP contribution < -0.4 is 5.32 Å². The number of hydrogen-bond acceptors (Lipinski definition) is 3. The van der Waals surface area contributed by atoms with Crippen molar-refractivity contribution in [3.8, 4) is 0 Å². The van der Waals surface area contributed by atoms with E-state index in [4.69, 9.17) is 9.47 Å². The van der Waals surface area contributed by atoms with Crippen molar-refractivity contribution in [2.24, 2.45) is 5.92 Å². The summed E-state index contributed by atoms with van der Waals surface area (Å²) in [5.41, 5.74) is 0.0646. The highest BCUT2D eigenvalue weighted by Crippen LogP contribution is 2.36. The minimum Gasteiger partial charge on any atom is -0.379 e. The van der Waals surface area contributed by atoms with E-state index in [2.05, 4.69) is 26.1 Å². The fraction of sp³-hybridized carbons (Fsp3) is 1.00. The lowest BCUT2D eigenvalue weighted by Crippen LogP contribution is -2.49. The molecule has 106 valence electrons. The highest BCUT2D eigenvalue weighted by molar-refractivity contribution is 4.90. The highest BCUT2D eigenvalue weighted by atomic mass is 16.6. The molecule has 0 aromatic rings. The van der Waals surface area contributed by atoms with Crippen molar-refractivity contribution in [1.82, 2.24) is 5.32 Å². The molecule has 1 saturated heterocycles. The van der Waals surface area contributed by atoms with E-state index in [1.54, 1.807) is 0 Å². The van der Waals surface area contributed by atoms with Crippen molar-refractivity contribution in [3.05, 3.63) is 0 Å². The van der Waals surface area contributed by atoms with Gasteiger partial charge < -0.3 is 14.8 Å². The topological polar surface area (TPSA) is 30.5 Å². The third-order valence-corrected chi connectivity index (χ3v) is 4.32. The second-order valence-corrected chi connectivity index (χ2v) is 6.50. The second kappa shape index (κ2) is 6.36. The molecule has 2 fully saturated rings. The molecule has 0 aromatic heterocycles. The monoisotopic (exact) mass is 255 g/mol. The van der Waals surface area contributed by atoms with Gasteiger partial charge in [0.25, 0.3) is 0 Å². The first kappa shape index (κ1) is 14.3. The lowest BCUT2D eigenvalue weighted by atomic mass is 9.79. The molecule has 1 N–H and O–H groups in total. The van der Waals surface area contributed by atoms with Crippen molar-refractivity contribution < 1.29 is 9.47 Å². The van der Waals surface area contributed by atoms with E-state index in [0.29, 0.717) is 12.1 Å². The molecule has 2 aliphatic rings. The fourth-order valence-electron chi connectivity index (χ4n) is 2.97. The average Bonchev–Trinajstić information content (AvgIpc) is 2.83. The second-order valence-electron chi connectivity index (χ2n) is 6.50. The first-order valence-corrected chi connectivity index (χ1v) is 7.59. The molecule has 3 heteroatoms. The summed E-state index contributed by atoms with van der Waals surface area (Å²) in [7, 11) is 0. The molecule has 1 heterocycles. The fourth-order valence-corrected chi connectivity index (χ4v) is 2.97. The smallest absolute Gasteiger partial charge is 0.0838 e. The maximum atomic E-state index is 6.45. The van der Waals surface area contributed by atoms with Gasteiger partial charge in [-0.15, -0.1) is 0 Å². The quantitative estimate of drug-likeness (QED) is 0.819. The third kappa shape index (κ3) is 3.94. The van der Waals surface area contributed by atoms with Gasteiger partial charge in [0.1, 0.15) is 0 Å². The summed E-state index contributed by atoms with van der Waals surface area (Å²) >= 11 is 0. The van der Waals surface area contributed by atoms with E-state index >= 15 is 0 Å². The summed E-state index contributed by atoms with van der Waals surface area (Å²) in [5, 5.41) is 3.58. The predicted octanol–water partition coefficient (Wildman–Crippen LogP) is 2.74. The first-order chi connectivity index (χ1) is 8.60. The molecule has 1 aliphatic carbocycles. The van der Waals surface area contributed by atoms with Crippen molar-refractivity contribution in [1.29, 1.82) is 0 Å². The maximum Gasteiger partial charge on any atom is 0.0838 e. The van der Waals surface area contributed by atoms with Crippen LogP contribution in [0.1, 0.15) is 52.9 Å². The summed E-state index contributed by atoms with van der Waals surface area (Å²) in [6, 6.07) is 0.532. The van der Waals surface area contributed by atoms with Crippen LogP contribution in [0, 0.1) is 5.92 Å². The minimum absolute atomic E-state index is 0.0646. The molecule has 1 atom stereocenters. The summed E-state index contributed by atoms with van der Waals surface area (Å²) < 4.78 is 11.9. The van der Waals surface area contributed by atoms with Crippen LogP contribution in [0.25, 0.3) is 0 Å². The maximum absolute atomic E-state index is 6.45. The summed E-state index contributed by atoms with van der Waals surface area (Å²) in [6.07, 6.45) is 6.39. The number of nitrogens with one attached hydrogen (secondary N) is 1. The van der Waals surface area contributed by atoms with E-state index in [1.165, 1.54) is 25.7 Å². The summed E-state index contributed by atoms with van der Waals surface area (Å²) in [4.78, 5) is 0. The molecule has 1 saturated carbocycles. The first-order valence-electron chi connectivity index (χ1n) is 7.59. The molecule has 0 spiro atoms. The van der Waals surface area contributed by atoms with Gasteiger partial charge >= 0.3 is 0 Å². The molecule has 2 rings (SSSR count). The average molecular weight is 255 g/mol. The summed E-state index contributed by atoms with van der Waals surface area (Å²) in [6.45, 7) is 9.43. The molecule has 0 amide bonds. The van der Waals surface area contributed by atoms with Crippen LogP contribution in [0.15, 0.2) is 0 Å². The normalized spacial score (nSPS) is 37.3. The molecular weight excluding hydrogens is 226 g/mol. The van der Waals surface area contributed by atoms with Gasteiger partial charge in [0, 0.05) is 19.2 Å². The molecular formula is C15H29NO2. The van der Waals surface area contributed by atoms with Gasteiger partial charge in [-0.05, 0) is 38.0 Å². The Labute approximate surface area is 112 Å². The van der Waals surface area contributed by atoms with E-state index < -0.39 is 0 Å². The zero-order chi connectivity index (χ0) is 13.0. The number of ether oxygens (including phenoxy) is 2. The van der Waals surface area contributed by atoms with E-state index in [9.17, 15) is 0 Å². The minimum atomic E-state index is 0.0646. The Morgan fingerprint density at radius 1 is 1.28 bits per heavy atom. The van der Waals surface area contributed by atoms with Crippen LogP contribution in [0.5, 0.6) is 0 Å². The van der Waals surface area contributed by atoms with E-state index in [1.807, 2.05) is 0 Å². The highest BCUT2D eigenvalue weighted by Gasteiger charge is 2.38. The van der Waals surface area contributed by atoms with Crippen LogP contribution in [-0.4, -0.2) is 37.5 Å². The van der Waals surface area contributed by atoms with Crippen LogP contribution in [0.3, 0.4) is 0 Å². The van der Waals surface area contributed by atoms with Gasteiger partial charge in [-0.1, -0.05) is 20.8 Å². The third-order valence-electron chi connectivity index (χ3n) is 4.32. The Balaban J connectivity index is 1.92. The Morgan fingerprint density at radius 3 is 2.56 bits per heavy atom. The molecule has 0 radical (unpaired) electrons. The molecule has 1 aliphatic heterocycles. The number of rotatable bonds is 5. The number of hydrogen-bond donors (Lipinski definition) is 1. The Morgan fingerprint density at radius 2 is 2.00 bits per heavy atom. The molecule has 0 bridgehead atoms. The Kier molecular flexibility index (Phi) is 5.05. The standard InChI is InChI=1S/C15H29NO2/c1-12(2)16-11-15(7-4-13(3)5-8-15)18-14-6-9-17-10-14/h12-14,16H,4-11H2,1-3H3. The molecule has 18 heavy (non-hydrogen) atoms. The summed E-state index contributed by atoms with van der Waals surface area (Å²) in [5.74, 6) is 0.862. The van der Waals surface area contributed by atoms with Crippen LogP contribution in [-0.2, 0) is 9.47 Å². The van der Waals surface area contributed by atoms with Gasteiger partial charge in [-0.3, -0.25) is 0 Å². The van der Waals surface area contributed by atoms with E-state index in [0.717, 1.165) is 32.1 Å². The van der Waals surface area contributed by atoms with Gasteiger partial charge in [-0.2, -0.15) is 0 Å². The molecule has 0 aromatic carbocycles. The Bertz CT molecular complexity index is 241. The SMILES string of the molecule is CC1CCC(CNC(C)C)(OC2CCOC2)CC1. The molecule has 1 unspecified atom stereocenters. The molecule has 3 nitrogen and oxygen atoms in total. The largest absolute Gasteiger partial charge is 0.379 e. The lowest BCUT2D eigenvalue weighted by molar-refractivity contribution is -0.117. The predicted molar refractivity (Wildman–Crippen MR) is 73.8 cm³/mol. The van der Waals surface area contributed by atoms with Crippen molar-refractivity contribution in [2.45, 2.75) is 70.6 Å². The van der Waals surface area contributed by atoms with Gasteiger partial charge in [0.05, 0.1) is 18.3 Å². The Hall–Kier alpha value is -0.120. The zero-order valence-corrected chi connectivity index (χ0v) is 12.2. The van der Waals surface area contributed by atoms with Crippen LogP contribution >= 0.6 is 0 Å².